The third-order valence-corrected chi connectivity index (χ3v) is 15.2. The monoisotopic (exact) mass is 876 g/mol. The number of hydrogen-bond acceptors (Lipinski definition) is 12. The Hall–Kier alpha value is -5.47. The van der Waals surface area contributed by atoms with Gasteiger partial charge in [0.1, 0.15) is 34.1 Å². The number of aromatic nitrogens is 4. The SMILES string of the molecule is Cc1nc2c(F)cc(-c3nc(NC4CCN(S(=O)(=O)C5CN(CC6CCN(c7cc8c(cc7F)C(=O)N(C7CCC(=O)NC7=O)C8=O)CC6)C5)CC4)ncc3F)cc2n1C(C)C. The summed E-state index contributed by atoms with van der Waals surface area (Å²) in [7, 11) is -3.56. The average molecular weight is 877 g/mol. The molecule has 4 saturated heterocycles. The first-order valence-electron chi connectivity index (χ1n) is 21.1. The van der Waals surface area contributed by atoms with Crippen molar-refractivity contribution in [2.45, 2.75) is 82.7 Å². The third-order valence-electron chi connectivity index (χ3n) is 12.9. The number of likely N-dealkylation sites (tertiary alicyclic amines) is 1. The highest BCUT2D eigenvalue weighted by atomic mass is 32.2. The Bertz CT molecular complexity index is 2620. The maximum Gasteiger partial charge on any atom is 0.262 e. The molecule has 0 bridgehead atoms. The smallest absolute Gasteiger partial charge is 0.262 e. The van der Waals surface area contributed by atoms with Crippen LogP contribution in [0.5, 0.6) is 0 Å². The Morgan fingerprint density at radius 3 is 2.23 bits per heavy atom. The molecule has 1 unspecified atom stereocenters. The van der Waals surface area contributed by atoms with E-state index in [1.807, 2.05) is 23.3 Å². The molecule has 5 aliphatic rings. The lowest BCUT2D eigenvalue weighted by Crippen LogP contribution is -2.60. The number of hydrogen-bond donors (Lipinski definition) is 2. The molecule has 2 N–H and O–H groups in total. The van der Waals surface area contributed by atoms with Crippen LogP contribution in [0, 0.1) is 30.3 Å². The summed E-state index contributed by atoms with van der Waals surface area (Å²) in [4.78, 5) is 68.1. The number of benzene rings is 2. The number of nitrogens with zero attached hydrogens (tertiary/aromatic N) is 8. The molecule has 0 saturated carbocycles. The van der Waals surface area contributed by atoms with Crippen LogP contribution in [0.1, 0.15) is 85.0 Å². The molecule has 4 fully saturated rings. The van der Waals surface area contributed by atoms with E-state index in [1.54, 1.807) is 13.0 Å². The van der Waals surface area contributed by atoms with Gasteiger partial charge < -0.3 is 19.7 Å². The number of carbonyl (C=O) groups excluding carboxylic acids is 4. The Morgan fingerprint density at radius 1 is 0.855 bits per heavy atom. The number of sulfonamides is 1. The fourth-order valence-electron chi connectivity index (χ4n) is 9.65. The number of carbonyl (C=O) groups is 4. The molecule has 9 rings (SSSR count). The fourth-order valence-corrected chi connectivity index (χ4v) is 11.6. The van der Waals surface area contributed by atoms with Gasteiger partial charge in [-0.15, -0.1) is 0 Å². The van der Waals surface area contributed by atoms with Crippen LogP contribution in [-0.4, -0.2) is 129 Å². The molecule has 16 nitrogen and oxygen atoms in total. The number of nitrogens with one attached hydrogen (secondary N) is 2. The third kappa shape index (κ3) is 7.48. The number of piperidine rings is 3. The maximum atomic E-state index is 15.4. The summed E-state index contributed by atoms with van der Waals surface area (Å²) in [5, 5.41) is 4.86. The number of aryl methyl sites for hydroxylation is 1. The van der Waals surface area contributed by atoms with Crippen molar-refractivity contribution in [1.29, 1.82) is 0 Å². The van der Waals surface area contributed by atoms with Crippen LogP contribution in [0.25, 0.3) is 22.3 Å². The number of fused-ring (bicyclic) bond motifs is 2. The molecule has 62 heavy (non-hydrogen) atoms. The Morgan fingerprint density at radius 2 is 1.55 bits per heavy atom. The van der Waals surface area contributed by atoms with Crippen LogP contribution in [-0.2, 0) is 19.6 Å². The summed E-state index contributed by atoms with van der Waals surface area (Å²) in [6.45, 7) is 8.85. The van der Waals surface area contributed by atoms with Crippen molar-refractivity contribution in [1.82, 2.24) is 38.9 Å². The average Bonchev–Trinajstić information content (AvgIpc) is 3.68. The second kappa shape index (κ2) is 16.0. The predicted molar refractivity (Wildman–Crippen MR) is 221 cm³/mol. The van der Waals surface area contributed by atoms with Gasteiger partial charge in [0.05, 0.1) is 28.5 Å². The van der Waals surface area contributed by atoms with Crippen molar-refractivity contribution >= 4 is 56.3 Å². The first kappa shape index (κ1) is 41.9. The largest absolute Gasteiger partial charge is 0.369 e. The lowest BCUT2D eigenvalue weighted by molar-refractivity contribution is -0.136. The van der Waals surface area contributed by atoms with Crippen LogP contribution in [0.15, 0.2) is 30.5 Å². The molecule has 5 aliphatic heterocycles. The van der Waals surface area contributed by atoms with Crippen LogP contribution >= 0.6 is 0 Å². The molecule has 328 valence electrons. The van der Waals surface area contributed by atoms with Gasteiger partial charge in [0.2, 0.25) is 27.8 Å². The molecule has 0 spiro atoms. The van der Waals surface area contributed by atoms with E-state index >= 15 is 13.2 Å². The zero-order valence-corrected chi connectivity index (χ0v) is 35.4. The second-order valence-electron chi connectivity index (χ2n) is 17.3. The normalized spacial score (nSPS) is 21.3. The molecule has 2 aromatic heterocycles. The summed E-state index contributed by atoms with van der Waals surface area (Å²) in [5.41, 5.74) is 1.07. The van der Waals surface area contributed by atoms with E-state index in [1.165, 1.54) is 16.4 Å². The van der Waals surface area contributed by atoms with Gasteiger partial charge in [-0.05, 0) is 83.1 Å². The van der Waals surface area contributed by atoms with Gasteiger partial charge in [0.15, 0.2) is 11.6 Å². The van der Waals surface area contributed by atoms with E-state index in [4.69, 9.17) is 0 Å². The van der Waals surface area contributed by atoms with Crippen molar-refractivity contribution in [2.24, 2.45) is 5.92 Å². The van der Waals surface area contributed by atoms with Gasteiger partial charge >= 0.3 is 0 Å². The van der Waals surface area contributed by atoms with Crippen molar-refractivity contribution in [3.05, 3.63) is 64.9 Å². The molecule has 2 aromatic carbocycles. The number of rotatable bonds is 10. The summed E-state index contributed by atoms with van der Waals surface area (Å²) in [6.07, 6.45) is 3.46. The molecule has 1 atom stereocenters. The Labute approximate surface area is 355 Å². The molecule has 0 aliphatic carbocycles. The molecule has 0 radical (unpaired) electrons. The quantitative estimate of drug-likeness (QED) is 0.219. The highest BCUT2D eigenvalue weighted by Crippen LogP contribution is 2.36. The fraction of sp³-hybridized carbons (Fsp3) is 0.500. The van der Waals surface area contributed by atoms with Gasteiger partial charge in [-0.1, -0.05) is 0 Å². The first-order valence-corrected chi connectivity index (χ1v) is 22.6. The number of amides is 4. The molecule has 20 heteroatoms. The highest BCUT2D eigenvalue weighted by molar-refractivity contribution is 7.89. The predicted octanol–water partition coefficient (Wildman–Crippen LogP) is 4.01. The van der Waals surface area contributed by atoms with Gasteiger partial charge in [0, 0.05) is 69.9 Å². The number of halogens is 3. The van der Waals surface area contributed by atoms with Gasteiger partial charge in [-0.25, -0.2) is 40.8 Å². The Balaban J connectivity index is 0.752. The topological polar surface area (TPSA) is 183 Å². The summed E-state index contributed by atoms with van der Waals surface area (Å²) >= 11 is 0. The first-order chi connectivity index (χ1) is 29.6. The lowest BCUT2D eigenvalue weighted by atomic mass is 9.94. The molecule has 4 aromatic rings. The van der Waals surface area contributed by atoms with Crippen molar-refractivity contribution in [3.63, 3.8) is 0 Å². The standard InChI is InChI=1S/C42H47F3N10O6S/c1-22(2)54-23(3)47-38-31(44)14-25(15-35(38)54)37-32(45)18-46-42(50-37)48-26-8-12-53(13-9-26)62(60,61)27-20-51(21-27)19-24-6-10-52(11-7-24)34-17-29-28(16-30(34)43)40(58)55(41(29)59)33-4-5-36(56)49-39(33)57/h14-18,22,24,26-27,33H,4-13,19-21H2,1-3H3,(H,46,48,50)(H,49,56,57). The van der Waals surface area contributed by atoms with Crippen LogP contribution in [0.2, 0.25) is 0 Å². The van der Waals surface area contributed by atoms with Gasteiger partial charge in [-0.3, -0.25) is 29.4 Å². The van der Waals surface area contributed by atoms with E-state index in [0.29, 0.717) is 70.0 Å². The summed E-state index contributed by atoms with van der Waals surface area (Å²) in [6, 6.07) is 4.04. The van der Waals surface area contributed by atoms with E-state index in [-0.39, 0.29) is 70.4 Å². The van der Waals surface area contributed by atoms with Gasteiger partial charge in [0.25, 0.3) is 11.8 Å². The summed E-state index contributed by atoms with van der Waals surface area (Å²) in [5.74, 6) is -3.51. The highest BCUT2D eigenvalue weighted by Gasteiger charge is 2.46. The van der Waals surface area contributed by atoms with Crippen molar-refractivity contribution in [3.8, 4) is 11.3 Å². The number of imidazole rings is 1. The van der Waals surface area contributed by atoms with E-state index in [0.717, 1.165) is 30.0 Å². The molecular formula is C42H47F3N10O6S. The minimum absolute atomic E-state index is 0.00512. The number of imide groups is 2. The van der Waals surface area contributed by atoms with E-state index in [9.17, 15) is 27.6 Å². The van der Waals surface area contributed by atoms with Crippen molar-refractivity contribution < 1.29 is 40.8 Å². The summed E-state index contributed by atoms with van der Waals surface area (Å²) < 4.78 is 76.4. The zero-order chi connectivity index (χ0) is 43.8. The molecule has 7 heterocycles. The zero-order valence-electron chi connectivity index (χ0n) is 34.5. The number of anilines is 2. The molecule has 4 amide bonds. The van der Waals surface area contributed by atoms with Crippen molar-refractivity contribution in [2.75, 3.05) is 56.0 Å². The lowest BCUT2D eigenvalue weighted by Gasteiger charge is -2.44. The maximum absolute atomic E-state index is 15.4. The minimum Gasteiger partial charge on any atom is -0.369 e. The van der Waals surface area contributed by atoms with Crippen LogP contribution < -0.4 is 15.5 Å². The minimum atomic E-state index is -3.56. The molecular weight excluding hydrogens is 830 g/mol. The second-order valence-corrected chi connectivity index (χ2v) is 19.5. The van der Waals surface area contributed by atoms with E-state index in [2.05, 4.69) is 30.5 Å². The van der Waals surface area contributed by atoms with Crippen LogP contribution in [0.3, 0.4) is 0 Å². The Kier molecular flexibility index (Phi) is 10.8. The van der Waals surface area contributed by atoms with Gasteiger partial charge in [-0.2, -0.15) is 0 Å². The van der Waals surface area contributed by atoms with Crippen LogP contribution in [0.4, 0.5) is 24.8 Å². The van der Waals surface area contributed by atoms with E-state index < -0.39 is 62.4 Å².